The Morgan fingerprint density at radius 3 is 2.43 bits per heavy atom. The van der Waals surface area contributed by atoms with Gasteiger partial charge in [0.05, 0.1) is 0 Å². The predicted molar refractivity (Wildman–Crippen MR) is 82.3 cm³/mol. The quantitative estimate of drug-likeness (QED) is 0.746. The van der Waals surface area contributed by atoms with E-state index in [4.69, 9.17) is 5.11 Å². The van der Waals surface area contributed by atoms with Crippen LogP contribution in [-0.4, -0.2) is 67.2 Å². The third kappa shape index (κ3) is 6.80. The SMILES string of the molecule is CCC(CNC(=O)N1CCC(CN(C)C)CC1)CC(=O)O. The number of aliphatic carboxylic acids is 1. The van der Waals surface area contributed by atoms with Crippen LogP contribution >= 0.6 is 0 Å². The number of likely N-dealkylation sites (tertiary alicyclic amines) is 1. The molecule has 0 radical (unpaired) electrons. The van der Waals surface area contributed by atoms with E-state index in [9.17, 15) is 9.59 Å². The number of hydrogen-bond donors (Lipinski definition) is 2. The fourth-order valence-electron chi connectivity index (χ4n) is 2.79. The van der Waals surface area contributed by atoms with Crippen LogP contribution in [0.15, 0.2) is 0 Å². The van der Waals surface area contributed by atoms with Crippen molar-refractivity contribution in [1.29, 1.82) is 0 Å². The first-order valence-corrected chi connectivity index (χ1v) is 7.81. The van der Waals surface area contributed by atoms with Crippen LogP contribution in [0, 0.1) is 11.8 Å². The normalized spacial score (nSPS) is 17.8. The molecule has 1 heterocycles. The Labute approximate surface area is 127 Å². The van der Waals surface area contributed by atoms with Gasteiger partial charge in [0.2, 0.25) is 0 Å². The van der Waals surface area contributed by atoms with Gasteiger partial charge in [-0.3, -0.25) is 4.79 Å². The number of piperidine rings is 1. The van der Waals surface area contributed by atoms with E-state index < -0.39 is 5.97 Å². The minimum atomic E-state index is -0.805. The molecule has 1 atom stereocenters. The molecule has 1 saturated heterocycles. The minimum absolute atomic E-state index is 0.0118. The lowest BCUT2D eigenvalue weighted by Gasteiger charge is -2.33. The zero-order chi connectivity index (χ0) is 15.8. The van der Waals surface area contributed by atoms with Gasteiger partial charge in [-0.25, -0.2) is 4.79 Å². The lowest BCUT2D eigenvalue weighted by molar-refractivity contribution is -0.138. The van der Waals surface area contributed by atoms with Crippen LogP contribution in [-0.2, 0) is 4.79 Å². The second-order valence-corrected chi connectivity index (χ2v) is 6.25. The van der Waals surface area contributed by atoms with Crippen LogP contribution in [0.3, 0.4) is 0 Å². The highest BCUT2D eigenvalue weighted by molar-refractivity contribution is 5.74. The van der Waals surface area contributed by atoms with Crippen molar-refractivity contribution in [3.8, 4) is 0 Å². The minimum Gasteiger partial charge on any atom is -0.481 e. The molecule has 0 spiro atoms. The van der Waals surface area contributed by atoms with E-state index in [0.29, 0.717) is 12.5 Å². The van der Waals surface area contributed by atoms with Crippen LogP contribution < -0.4 is 5.32 Å². The van der Waals surface area contributed by atoms with Gasteiger partial charge in [0.1, 0.15) is 0 Å². The third-order valence-corrected chi connectivity index (χ3v) is 4.11. The smallest absolute Gasteiger partial charge is 0.317 e. The number of carbonyl (C=O) groups excluding carboxylic acids is 1. The molecule has 21 heavy (non-hydrogen) atoms. The topological polar surface area (TPSA) is 72.9 Å². The molecule has 2 amide bonds. The Kier molecular flexibility index (Phi) is 7.50. The van der Waals surface area contributed by atoms with Crippen LogP contribution in [0.4, 0.5) is 4.79 Å². The maximum Gasteiger partial charge on any atom is 0.317 e. The van der Waals surface area contributed by atoms with Crippen molar-refractivity contribution in [2.45, 2.75) is 32.6 Å². The Balaban J connectivity index is 2.29. The van der Waals surface area contributed by atoms with Crippen molar-refractivity contribution < 1.29 is 14.7 Å². The van der Waals surface area contributed by atoms with Gasteiger partial charge in [0, 0.05) is 32.6 Å². The molecule has 6 nitrogen and oxygen atoms in total. The van der Waals surface area contributed by atoms with Gasteiger partial charge in [0.15, 0.2) is 0 Å². The molecule has 1 fully saturated rings. The van der Waals surface area contributed by atoms with E-state index in [0.717, 1.165) is 38.9 Å². The Morgan fingerprint density at radius 1 is 1.33 bits per heavy atom. The summed E-state index contributed by atoms with van der Waals surface area (Å²) in [6, 6.07) is -0.0536. The molecule has 122 valence electrons. The summed E-state index contributed by atoms with van der Waals surface area (Å²) in [5.41, 5.74) is 0. The number of carbonyl (C=O) groups is 2. The van der Waals surface area contributed by atoms with Crippen LogP contribution in [0.1, 0.15) is 32.6 Å². The summed E-state index contributed by atoms with van der Waals surface area (Å²) in [5, 5.41) is 11.7. The highest BCUT2D eigenvalue weighted by atomic mass is 16.4. The first-order valence-electron chi connectivity index (χ1n) is 7.81. The molecular formula is C15H29N3O3. The molecule has 0 aromatic heterocycles. The molecule has 1 rings (SSSR count). The van der Waals surface area contributed by atoms with E-state index in [1.54, 1.807) is 0 Å². The van der Waals surface area contributed by atoms with E-state index in [1.165, 1.54) is 0 Å². The number of rotatable bonds is 7. The molecule has 0 aliphatic carbocycles. The molecule has 1 aliphatic rings. The molecule has 0 aromatic rings. The largest absolute Gasteiger partial charge is 0.481 e. The zero-order valence-electron chi connectivity index (χ0n) is 13.5. The van der Waals surface area contributed by atoms with Gasteiger partial charge < -0.3 is 20.2 Å². The van der Waals surface area contributed by atoms with Gasteiger partial charge in [0.25, 0.3) is 0 Å². The summed E-state index contributed by atoms with van der Waals surface area (Å²) in [5.74, 6) is -0.127. The van der Waals surface area contributed by atoms with Gasteiger partial charge in [-0.2, -0.15) is 0 Å². The third-order valence-electron chi connectivity index (χ3n) is 4.11. The van der Waals surface area contributed by atoms with Crippen molar-refractivity contribution in [3.63, 3.8) is 0 Å². The van der Waals surface area contributed by atoms with E-state index in [-0.39, 0.29) is 18.4 Å². The average Bonchev–Trinajstić information content (AvgIpc) is 2.42. The van der Waals surface area contributed by atoms with E-state index in [2.05, 4.69) is 24.3 Å². The predicted octanol–water partition coefficient (Wildman–Crippen LogP) is 1.47. The molecular weight excluding hydrogens is 270 g/mol. The fourth-order valence-corrected chi connectivity index (χ4v) is 2.79. The summed E-state index contributed by atoms with van der Waals surface area (Å²) < 4.78 is 0. The molecule has 2 N–H and O–H groups in total. The Morgan fingerprint density at radius 2 is 1.95 bits per heavy atom. The number of hydrogen-bond acceptors (Lipinski definition) is 3. The summed E-state index contributed by atoms with van der Waals surface area (Å²) in [7, 11) is 4.15. The van der Waals surface area contributed by atoms with Crippen LogP contribution in [0.25, 0.3) is 0 Å². The summed E-state index contributed by atoms with van der Waals surface area (Å²) in [6.07, 6.45) is 2.95. The second-order valence-electron chi connectivity index (χ2n) is 6.25. The fraction of sp³-hybridized carbons (Fsp3) is 0.867. The van der Waals surface area contributed by atoms with Gasteiger partial charge >= 0.3 is 12.0 Å². The van der Waals surface area contributed by atoms with Crippen LogP contribution in [0.5, 0.6) is 0 Å². The second kappa shape index (κ2) is 8.87. The Bertz CT molecular complexity index is 339. The van der Waals surface area contributed by atoms with Gasteiger partial charge in [-0.1, -0.05) is 13.3 Å². The van der Waals surface area contributed by atoms with Crippen molar-refractivity contribution in [1.82, 2.24) is 15.1 Å². The summed E-state index contributed by atoms with van der Waals surface area (Å²) in [6.45, 7) is 5.05. The maximum atomic E-state index is 12.1. The lowest BCUT2D eigenvalue weighted by atomic mass is 9.96. The van der Waals surface area contributed by atoms with Crippen LogP contribution in [0.2, 0.25) is 0 Å². The number of carboxylic acids is 1. The highest BCUT2D eigenvalue weighted by Gasteiger charge is 2.23. The number of amides is 2. The molecule has 0 bridgehead atoms. The first kappa shape index (κ1) is 17.8. The monoisotopic (exact) mass is 299 g/mol. The standard InChI is InChI=1S/C15H29N3O3/c1-4-12(9-14(19)20)10-16-15(21)18-7-5-13(6-8-18)11-17(2)3/h12-13H,4-11H2,1-3H3,(H,16,21)(H,19,20). The molecule has 1 unspecified atom stereocenters. The lowest BCUT2D eigenvalue weighted by Crippen LogP contribution is -2.46. The van der Waals surface area contributed by atoms with Gasteiger partial charge in [-0.05, 0) is 38.8 Å². The molecule has 6 heteroatoms. The number of carboxylic acid groups (broad SMARTS) is 1. The summed E-state index contributed by atoms with van der Waals surface area (Å²) in [4.78, 5) is 26.8. The van der Waals surface area contributed by atoms with E-state index in [1.807, 2.05) is 11.8 Å². The highest BCUT2D eigenvalue weighted by Crippen LogP contribution is 2.17. The molecule has 0 aromatic carbocycles. The number of nitrogens with one attached hydrogen (secondary N) is 1. The van der Waals surface area contributed by atoms with E-state index >= 15 is 0 Å². The van der Waals surface area contributed by atoms with Gasteiger partial charge in [-0.15, -0.1) is 0 Å². The maximum absolute atomic E-state index is 12.1. The number of urea groups is 1. The summed E-state index contributed by atoms with van der Waals surface area (Å²) >= 11 is 0. The first-order chi connectivity index (χ1) is 9.92. The molecule has 0 saturated carbocycles. The van der Waals surface area contributed by atoms with Crippen molar-refractivity contribution >= 4 is 12.0 Å². The van der Waals surface area contributed by atoms with Crippen molar-refractivity contribution in [3.05, 3.63) is 0 Å². The van der Waals surface area contributed by atoms with Crippen molar-refractivity contribution in [2.24, 2.45) is 11.8 Å². The average molecular weight is 299 g/mol. The Hall–Kier alpha value is -1.30. The molecule has 1 aliphatic heterocycles. The van der Waals surface area contributed by atoms with Crippen molar-refractivity contribution in [2.75, 3.05) is 40.3 Å². The number of nitrogens with zero attached hydrogens (tertiary/aromatic N) is 2. The zero-order valence-corrected chi connectivity index (χ0v) is 13.5.